The van der Waals surface area contributed by atoms with Gasteiger partial charge >= 0.3 is 0 Å². The van der Waals surface area contributed by atoms with E-state index in [1.807, 2.05) is 29.5 Å². The molecule has 0 aromatic heterocycles. The third kappa shape index (κ3) is 2.79. The van der Waals surface area contributed by atoms with Crippen molar-refractivity contribution < 1.29 is 8.78 Å². The molecule has 0 N–H and O–H groups in total. The standard InChI is InChI=1S/C5H9F2I/c1-4(8)5(2-6)3-7/h4-5H,2-3H2,1H3. The molecule has 1 unspecified atom stereocenters. The molecule has 0 rings (SSSR count). The van der Waals surface area contributed by atoms with E-state index in [9.17, 15) is 8.78 Å². The maximum Gasteiger partial charge on any atom is 0.0957 e. The van der Waals surface area contributed by atoms with Crippen molar-refractivity contribution in [3.05, 3.63) is 0 Å². The van der Waals surface area contributed by atoms with Crippen LogP contribution < -0.4 is 0 Å². The highest BCUT2D eigenvalue weighted by Crippen LogP contribution is 2.13. The fourth-order valence-electron chi connectivity index (χ4n) is 0.287. The lowest BCUT2D eigenvalue weighted by molar-refractivity contribution is 0.293. The minimum Gasteiger partial charge on any atom is -0.251 e. The zero-order valence-corrected chi connectivity index (χ0v) is 6.86. The molecule has 0 aliphatic rings. The third-order valence-electron chi connectivity index (χ3n) is 1.05. The first-order chi connectivity index (χ1) is 3.72. The summed E-state index contributed by atoms with van der Waals surface area (Å²) in [6.07, 6.45) is 0. The largest absolute Gasteiger partial charge is 0.251 e. The molecule has 0 nitrogen and oxygen atoms in total. The van der Waals surface area contributed by atoms with Crippen LogP contribution in [0.1, 0.15) is 6.92 Å². The molecule has 0 bridgehead atoms. The summed E-state index contributed by atoms with van der Waals surface area (Å²) >= 11 is 2.02. The second-order valence-electron chi connectivity index (χ2n) is 1.75. The summed E-state index contributed by atoms with van der Waals surface area (Å²) in [5.74, 6) is -0.393. The van der Waals surface area contributed by atoms with Gasteiger partial charge < -0.3 is 0 Å². The highest BCUT2D eigenvalue weighted by atomic mass is 127. The molecule has 0 radical (unpaired) electrons. The van der Waals surface area contributed by atoms with Crippen molar-refractivity contribution >= 4 is 22.6 Å². The SMILES string of the molecule is CC(I)C(CF)CF. The molecule has 50 valence electrons. The van der Waals surface area contributed by atoms with Gasteiger partial charge in [-0.25, -0.2) is 0 Å². The molecule has 0 aliphatic carbocycles. The third-order valence-corrected chi connectivity index (χ3v) is 2.06. The Hall–Kier alpha value is 0.590. The van der Waals surface area contributed by atoms with Crippen LogP contribution in [0.15, 0.2) is 0 Å². The zero-order valence-electron chi connectivity index (χ0n) is 4.70. The zero-order chi connectivity index (χ0) is 6.57. The van der Waals surface area contributed by atoms with E-state index in [4.69, 9.17) is 0 Å². The van der Waals surface area contributed by atoms with Crippen LogP contribution in [0.2, 0.25) is 0 Å². The van der Waals surface area contributed by atoms with Gasteiger partial charge in [-0.3, -0.25) is 8.78 Å². The molecular weight excluding hydrogens is 225 g/mol. The maximum atomic E-state index is 11.7. The molecule has 0 amide bonds. The normalized spacial score (nSPS) is 14.6. The fourth-order valence-corrected chi connectivity index (χ4v) is 0.671. The number of rotatable bonds is 3. The van der Waals surface area contributed by atoms with Crippen LogP contribution in [0.5, 0.6) is 0 Å². The van der Waals surface area contributed by atoms with E-state index in [1.165, 1.54) is 0 Å². The van der Waals surface area contributed by atoms with Crippen molar-refractivity contribution in [2.45, 2.75) is 10.8 Å². The van der Waals surface area contributed by atoms with Gasteiger partial charge in [0.05, 0.1) is 13.3 Å². The number of hydrogen-bond acceptors (Lipinski definition) is 0. The van der Waals surface area contributed by atoms with Crippen LogP contribution in [0.25, 0.3) is 0 Å². The van der Waals surface area contributed by atoms with Crippen LogP contribution in [0.3, 0.4) is 0 Å². The second kappa shape index (κ2) is 4.47. The van der Waals surface area contributed by atoms with E-state index in [0.29, 0.717) is 0 Å². The van der Waals surface area contributed by atoms with Crippen LogP contribution in [0.4, 0.5) is 8.78 Å². The van der Waals surface area contributed by atoms with Gasteiger partial charge in [-0.1, -0.05) is 29.5 Å². The van der Waals surface area contributed by atoms with Gasteiger partial charge in [0.2, 0.25) is 0 Å². The van der Waals surface area contributed by atoms with Gasteiger partial charge in [0.25, 0.3) is 0 Å². The Morgan fingerprint density at radius 3 is 1.75 bits per heavy atom. The molecule has 1 atom stereocenters. The quantitative estimate of drug-likeness (QED) is 0.519. The van der Waals surface area contributed by atoms with E-state index < -0.39 is 19.3 Å². The molecule has 0 aromatic rings. The molecule has 0 heterocycles. The lowest BCUT2D eigenvalue weighted by atomic mass is 10.1. The number of hydrogen-bond donors (Lipinski definition) is 0. The van der Waals surface area contributed by atoms with E-state index in [0.717, 1.165) is 0 Å². The van der Waals surface area contributed by atoms with Crippen LogP contribution in [-0.4, -0.2) is 17.3 Å². The minimum absolute atomic E-state index is 0.0996. The van der Waals surface area contributed by atoms with Gasteiger partial charge in [0.1, 0.15) is 0 Å². The van der Waals surface area contributed by atoms with E-state index in [1.54, 1.807) is 0 Å². The summed E-state index contributed by atoms with van der Waals surface area (Å²) in [6, 6.07) is 0. The molecule has 0 fully saturated rings. The van der Waals surface area contributed by atoms with Crippen LogP contribution in [-0.2, 0) is 0 Å². The van der Waals surface area contributed by atoms with Crippen molar-refractivity contribution in [2.75, 3.05) is 13.3 Å². The predicted molar refractivity (Wildman–Crippen MR) is 38.9 cm³/mol. The van der Waals surface area contributed by atoms with Gasteiger partial charge in [0.15, 0.2) is 0 Å². The summed E-state index contributed by atoms with van der Waals surface area (Å²) in [4.78, 5) is 0. The van der Waals surface area contributed by atoms with E-state index in [2.05, 4.69) is 0 Å². The van der Waals surface area contributed by atoms with E-state index in [-0.39, 0.29) is 3.92 Å². The molecule has 0 spiro atoms. The Bertz CT molecular complexity index is 52.4. The Balaban J connectivity index is 3.35. The number of halogens is 3. The van der Waals surface area contributed by atoms with Crippen LogP contribution >= 0.6 is 22.6 Å². The first kappa shape index (κ1) is 8.59. The molecular formula is C5H9F2I. The topological polar surface area (TPSA) is 0 Å². The minimum atomic E-state index is -0.541. The lowest BCUT2D eigenvalue weighted by Gasteiger charge is -2.09. The molecule has 3 heteroatoms. The fraction of sp³-hybridized carbons (Fsp3) is 1.00. The Morgan fingerprint density at radius 2 is 1.75 bits per heavy atom. The molecule has 0 saturated carbocycles. The second-order valence-corrected chi connectivity index (χ2v) is 3.71. The smallest absolute Gasteiger partial charge is 0.0957 e. The van der Waals surface area contributed by atoms with Crippen molar-refractivity contribution in [1.29, 1.82) is 0 Å². The monoisotopic (exact) mass is 234 g/mol. The summed E-state index contributed by atoms with van der Waals surface area (Å²) in [7, 11) is 0. The Kier molecular flexibility index (Phi) is 4.80. The van der Waals surface area contributed by atoms with Crippen molar-refractivity contribution in [3.63, 3.8) is 0 Å². The summed E-state index contributed by atoms with van der Waals surface area (Å²) in [6.45, 7) is 0.728. The van der Waals surface area contributed by atoms with Crippen molar-refractivity contribution in [1.82, 2.24) is 0 Å². The predicted octanol–water partition coefficient (Wildman–Crippen LogP) is 2.37. The highest BCUT2D eigenvalue weighted by molar-refractivity contribution is 14.1. The number of alkyl halides is 3. The van der Waals surface area contributed by atoms with Gasteiger partial charge in [-0.05, 0) is 0 Å². The van der Waals surface area contributed by atoms with Crippen molar-refractivity contribution in [3.8, 4) is 0 Å². The molecule has 8 heavy (non-hydrogen) atoms. The summed E-state index contributed by atoms with van der Waals surface area (Å²) in [5.41, 5.74) is 0. The van der Waals surface area contributed by atoms with Crippen LogP contribution in [0, 0.1) is 5.92 Å². The maximum absolute atomic E-state index is 11.7. The van der Waals surface area contributed by atoms with Gasteiger partial charge in [-0.15, -0.1) is 0 Å². The Morgan fingerprint density at radius 1 is 1.38 bits per heavy atom. The molecule has 0 aromatic carbocycles. The summed E-state index contributed by atoms with van der Waals surface area (Å²) < 4.78 is 23.4. The molecule has 0 saturated heterocycles. The lowest BCUT2D eigenvalue weighted by Crippen LogP contribution is -2.14. The first-order valence-corrected chi connectivity index (χ1v) is 3.73. The molecule has 0 aliphatic heterocycles. The average molecular weight is 234 g/mol. The Labute approximate surface area is 61.8 Å². The summed E-state index contributed by atoms with van der Waals surface area (Å²) in [5, 5.41) is 0. The van der Waals surface area contributed by atoms with E-state index >= 15 is 0 Å². The first-order valence-electron chi connectivity index (χ1n) is 2.48. The van der Waals surface area contributed by atoms with Gasteiger partial charge in [-0.2, -0.15) is 0 Å². The highest BCUT2D eigenvalue weighted by Gasteiger charge is 2.12. The average Bonchev–Trinajstić information content (AvgIpc) is 1.69. The van der Waals surface area contributed by atoms with Crippen molar-refractivity contribution in [2.24, 2.45) is 5.92 Å². The van der Waals surface area contributed by atoms with Gasteiger partial charge in [0, 0.05) is 9.84 Å².